The van der Waals surface area contributed by atoms with Crippen molar-refractivity contribution in [1.82, 2.24) is 9.55 Å². The summed E-state index contributed by atoms with van der Waals surface area (Å²) in [5.41, 5.74) is 5.51. The molecule has 2 N–H and O–H groups in total. The summed E-state index contributed by atoms with van der Waals surface area (Å²) in [4.78, 5) is 42.3. The van der Waals surface area contributed by atoms with Crippen LogP contribution in [0.25, 0.3) is 10.2 Å². The second-order valence-corrected chi connectivity index (χ2v) is 7.24. The van der Waals surface area contributed by atoms with Crippen molar-refractivity contribution >= 4 is 33.4 Å². The standard InChI is InChI=1S/C17H23N3O5S/c1-8(2)14-19-15-11(16(22)20(14)10(4)13(18)21)9(3)12(26-15)17(23)25-7-6-24-5/h8,10H,6-7H2,1-5H3,(H2,18,21). The predicted molar refractivity (Wildman–Crippen MR) is 98.8 cm³/mol. The number of esters is 1. The third-order valence-corrected chi connectivity index (χ3v) is 5.21. The number of primary amides is 1. The number of nitrogens with zero attached hydrogens (tertiary/aromatic N) is 2. The lowest BCUT2D eigenvalue weighted by Crippen LogP contribution is -2.35. The van der Waals surface area contributed by atoms with Crippen molar-refractivity contribution in [2.75, 3.05) is 20.3 Å². The summed E-state index contributed by atoms with van der Waals surface area (Å²) in [5, 5.41) is 0.311. The zero-order valence-electron chi connectivity index (χ0n) is 15.5. The summed E-state index contributed by atoms with van der Waals surface area (Å²) in [7, 11) is 1.51. The van der Waals surface area contributed by atoms with Gasteiger partial charge in [0.2, 0.25) is 5.91 Å². The zero-order valence-corrected chi connectivity index (χ0v) is 16.3. The molecule has 2 heterocycles. The maximum Gasteiger partial charge on any atom is 0.348 e. The van der Waals surface area contributed by atoms with Crippen LogP contribution in [0, 0.1) is 6.92 Å². The minimum Gasteiger partial charge on any atom is -0.459 e. The highest BCUT2D eigenvalue weighted by Gasteiger charge is 2.26. The van der Waals surface area contributed by atoms with E-state index in [1.807, 2.05) is 13.8 Å². The second kappa shape index (κ2) is 7.96. The number of carbonyl (C=O) groups excluding carboxylic acids is 2. The van der Waals surface area contributed by atoms with Gasteiger partial charge < -0.3 is 15.2 Å². The van der Waals surface area contributed by atoms with Crippen LogP contribution in [0.2, 0.25) is 0 Å². The molecule has 2 rings (SSSR count). The highest BCUT2D eigenvalue weighted by molar-refractivity contribution is 7.20. The first-order valence-electron chi connectivity index (χ1n) is 8.21. The van der Waals surface area contributed by atoms with Gasteiger partial charge in [-0.1, -0.05) is 13.8 Å². The number of carbonyl (C=O) groups is 2. The Labute approximate surface area is 154 Å². The molecule has 0 aliphatic carbocycles. The molecule has 0 bridgehead atoms. The van der Waals surface area contributed by atoms with E-state index in [4.69, 9.17) is 15.2 Å². The van der Waals surface area contributed by atoms with Crippen LogP contribution in [0.5, 0.6) is 0 Å². The zero-order chi connectivity index (χ0) is 19.6. The lowest BCUT2D eigenvalue weighted by Gasteiger charge is -2.18. The Morgan fingerprint density at radius 2 is 1.92 bits per heavy atom. The molecule has 9 heteroatoms. The minimum atomic E-state index is -0.840. The summed E-state index contributed by atoms with van der Waals surface area (Å²) >= 11 is 1.11. The summed E-state index contributed by atoms with van der Waals surface area (Å²) in [6.45, 7) is 7.38. The van der Waals surface area contributed by atoms with Crippen molar-refractivity contribution < 1.29 is 19.1 Å². The Hall–Kier alpha value is -2.26. The first kappa shape index (κ1) is 20.1. The highest BCUT2D eigenvalue weighted by atomic mass is 32.1. The minimum absolute atomic E-state index is 0.103. The Morgan fingerprint density at radius 1 is 1.27 bits per heavy atom. The largest absolute Gasteiger partial charge is 0.459 e. The van der Waals surface area contributed by atoms with E-state index in [9.17, 15) is 14.4 Å². The number of nitrogens with two attached hydrogens (primary N) is 1. The van der Waals surface area contributed by atoms with E-state index >= 15 is 0 Å². The van der Waals surface area contributed by atoms with E-state index in [2.05, 4.69) is 4.98 Å². The Balaban J connectivity index is 2.66. The SMILES string of the molecule is COCCOC(=O)c1sc2nc(C(C)C)n(C(C)C(N)=O)c(=O)c2c1C. The first-order valence-corrected chi connectivity index (χ1v) is 9.03. The fourth-order valence-electron chi connectivity index (χ4n) is 2.60. The second-order valence-electron chi connectivity index (χ2n) is 6.24. The number of thiophene rings is 1. The van der Waals surface area contributed by atoms with Gasteiger partial charge >= 0.3 is 5.97 Å². The molecule has 142 valence electrons. The van der Waals surface area contributed by atoms with Crippen molar-refractivity contribution in [3.05, 3.63) is 26.6 Å². The average molecular weight is 381 g/mol. The van der Waals surface area contributed by atoms with Gasteiger partial charge in [0, 0.05) is 13.0 Å². The fourth-order valence-corrected chi connectivity index (χ4v) is 3.67. The Kier molecular flexibility index (Phi) is 6.14. The number of ether oxygens (including phenoxy) is 2. The highest BCUT2D eigenvalue weighted by Crippen LogP contribution is 2.30. The van der Waals surface area contributed by atoms with Gasteiger partial charge in [-0.2, -0.15) is 0 Å². The molecule has 0 saturated carbocycles. The molecule has 2 aromatic rings. The molecule has 8 nitrogen and oxygen atoms in total. The lowest BCUT2D eigenvalue weighted by atomic mass is 10.1. The number of aromatic nitrogens is 2. The van der Waals surface area contributed by atoms with Gasteiger partial charge in [0.25, 0.3) is 5.56 Å². The summed E-state index contributed by atoms with van der Waals surface area (Å²) < 4.78 is 11.3. The number of hydrogen-bond donors (Lipinski definition) is 1. The van der Waals surface area contributed by atoms with Crippen molar-refractivity contribution in [1.29, 1.82) is 0 Å². The van der Waals surface area contributed by atoms with Crippen molar-refractivity contribution in [2.45, 2.75) is 39.7 Å². The number of amides is 1. The summed E-state index contributed by atoms with van der Waals surface area (Å²) in [6.07, 6.45) is 0. The molecule has 2 aromatic heterocycles. The first-order chi connectivity index (χ1) is 12.2. The van der Waals surface area contributed by atoms with Crippen molar-refractivity contribution in [3.8, 4) is 0 Å². The van der Waals surface area contributed by atoms with Crippen LogP contribution in [-0.4, -0.2) is 41.8 Å². The molecular weight excluding hydrogens is 358 g/mol. The van der Waals surface area contributed by atoms with Gasteiger partial charge in [0.15, 0.2) is 0 Å². The van der Waals surface area contributed by atoms with Gasteiger partial charge in [-0.05, 0) is 19.4 Å². The fraction of sp³-hybridized carbons (Fsp3) is 0.529. The van der Waals surface area contributed by atoms with Gasteiger partial charge in [-0.3, -0.25) is 14.2 Å². The van der Waals surface area contributed by atoms with Crippen LogP contribution in [0.4, 0.5) is 0 Å². The third-order valence-electron chi connectivity index (χ3n) is 4.05. The van der Waals surface area contributed by atoms with E-state index in [1.165, 1.54) is 11.7 Å². The monoisotopic (exact) mass is 381 g/mol. The van der Waals surface area contributed by atoms with E-state index in [0.29, 0.717) is 26.5 Å². The number of fused-ring (bicyclic) bond motifs is 1. The molecular formula is C17H23N3O5S. The molecule has 0 aliphatic heterocycles. The van der Waals surface area contributed by atoms with Crippen LogP contribution in [0.1, 0.15) is 53.8 Å². The Morgan fingerprint density at radius 3 is 2.46 bits per heavy atom. The van der Waals surface area contributed by atoms with Crippen molar-refractivity contribution in [3.63, 3.8) is 0 Å². The molecule has 0 aromatic carbocycles. The van der Waals surface area contributed by atoms with Gasteiger partial charge in [-0.25, -0.2) is 9.78 Å². The number of hydrogen-bond acceptors (Lipinski definition) is 7. The molecule has 26 heavy (non-hydrogen) atoms. The summed E-state index contributed by atoms with van der Waals surface area (Å²) in [6, 6.07) is -0.840. The van der Waals surface area contributed by atoms with Gasteiger partial charge in [0.1, 0.15) is 28.2 Å². The van der Waals surface area contributed by atoms with Gasteiger partial charge in [0.05, 0.1) is 12.0 Å². The average Bonchev–Trinajstić information content (AvgIpc) is 2.91. The van der Waals surface area contributed by atoms with Crippen LogP contribution in [0.3, 0.4) is 0 Å². The number of methoxy groups -OCH3 is 1. The van der Waals surface area contributed by atoms with E-state index < -0.39 is 17.9 Å². The number of aryl methyl sites for hydroxylation is 1. The van der Waals surface area contributed by atoms with Crippen LogP contribution < -0.4 is 11.3 Å². The number of rotatable bonds is 7. The van der Waals surface area contributed by atoms with Crippen LogP contribution >= 0.6 is 11.3 Å². The molecule has 0 fully saturated rings. The van der Waals surface area contributed by atoms with E-state index in [0.717, 1.165) is 11.3 Å². The Bertz CT molecular complexity index is 900. The maximum absolute atomic E-state index is 13.1. The molecule has 0 radical (unpaired) electrons. The molecule has 0 spiro atoms. The molecule has 1 amide bonds. The molecule has 0 saturated heterocycles. The molecule has 1 atom stereocenters. The smallest absolute Gasteiger partial charge is 0.348 e. The lowest BCUT2D eigenvalue weighted by molar-refractivity contribution is -0.120. The van der Waals surface area contributed by atoms with E-state index in [-0.39, 0.29) is 24.7 Å². The van der Waals surface area contributed by atoms with Gasteiger partial charge in [-0.15, -0.1) is 11.3 Å². The van der Waals surface area contributed by atoms with Crippen molar-refractivity contribution in [2.24, 2.45) is 5.73 Å². The van der Waals surface area contributed by atoms with Crippen LogP contribution in [-0.2, 0) is 14.3 Å². The predicted octanol–water partition coefficient (Wildman–Crippen LogP) is 1.74. The molecule has 0 aliphatic rings. The quantitative estimate of drug-likeness (QED) is 0.577. The maximum atomic E-state index is 13.1. The van der Waals surface area contributed by atoms with E-state index in [1.54, 1.807) is 13.8 Å². The molecule has 1 unspecified atom stereocenters. The third kappa shape index (κ3) is 3.63. The normalized spacial score (nSPS) is 12.5. The summed E-state index contributed by atoms with van der Waals surface area (Å²) in [5.74, 6) is -0.799. The topological polar surface area (TPSA) is 114 Å². The van der Waals surface area contributed by atoms with Crippen LogP contribution in [0.15, 0.2) is 4.79 Å².